The summed E-state index contributed by atoms with van der Waals surface area (Å²) in [6.07, 6.45) is -1.08. The minimum atomic E-state index is -1.63. The van der Waals surface area contributed by atoms with Gasteiger partial charge < -0.3 is 42.1 Å². The van der Waals surface area contributed by atoms with Crippen LogP contribution < -0.4 is 21.7 Å². The van der Waals surface area contributed by atoms with Crippen LogP contribution in [0.1, 0.15) is 39.0 Å². The highest BCUT2D eigenvalue weighted by Gasteiger charge is 2.32. The Hall–Kier alpha value is -2.91. The minimum Gasteiger partial charge on any atom is -0.481 e. The number of carbonyl (C=O) groups excluding carboxylic acids is 3. The predicted molar refractivity (Wildman–Crippen MR) is 120 cm³/mol. The summed E-state index contributed by atoms with van der Waals surface area (Å²) in [6.45, 7) is 1.17. The Morgan fingerprint density at radius 2 is 1.26 bits per heavy atom. The number of hydrogen-bond donors (Lipinski definition) is 8. The van der Waals surface area contributed by atoms with Gasteiger partial charge in [0.1, 0.15) is 12.1 Å². The fourth-order valence-corrected chi connectivity index (χ4v) is 3.12. The Kier molecular flexibility index (Phi) is 14.5. The van der Waals surface area contributed by atoms with Gasteiger partial charge in [0.2, 0.25) is 17.7 Å². The van der Waals surface area contributed by atoms with Crippen molar-refractivity contribution in [3.63, 3.8) is 0 Å². The largest absolute Gasteiger partial charge is 0.481 e. The molecule has 0 aromatic rings. The highest BCUT2D eigenvalue weighted by molar-refractivity contribution is 7.98. The van der Waals surface area contributed by atoms with Gasteiger partial charge in [-0.2, -0.15) is 11.8 Å². The molecule has 5 atom stereocenters. The van der Waals surface area contributed by atoms with Gasteiger partial charge >= 0.3 is 17.9 Å². The fraction of sp³-hybridized carbons (Fsp3) is 0.684. The van der Waals surface area contributed by atoms with Crippen LogP contribution in [0.4, 0.5) is 0 Å². The Balaban J connectivity index is 5.49. The zero-order valence-electron chi connectivity index (χ0n) is 18.9. The molecule has 0 fully saturated rings. The summed E-state index contributed by atoms with van der Waals surface area (Å²) in [5.41, 5.74) is 5.63. The van der Waals surface area contributed by atoms with E-state index in [1.807, 2.05) is 0 Å². The molecule has 0 aromatic carbocycles. The van der Waals surface area contributed by atoms with Gasteiger partial charge in [-0.25, -0.2) is 4.79 Å². The van der Waals surface area contributed by atoms with Crippen LogP contribution in [0.15, 0.2) is 0 Å². The highest BCUT2D eigenvalue weighted by atomic mass is 32.2. The van der Waals surface area contributed by atoms with E-state index in [-0.39, 0.29) is 19.3 Å². The standard InChI is InChI=1S/C19H32N4O10S/c1-9(24)15(19(32)33)23-18(31)12(7-8-34-2)22-17(30)11(4-6-14(27)28)21-16(29)10(20)3-5-13(25)26/h9-12,15,24H,3-8,20H2,1-2H3,(H,21,29)(H,22,30)(H,23,31)(H,25,26)(H,27,28)(H,32,33). The van der Waals surface area contributed by atoms with E-state index >= 15 is 0 Å². The maximum atomic E-state index is 12.8. The molecule has 5 unspecified atom stereocenters. The molecule has 9 N–H and O–H groups in total. The van der Waals surface area contributed by atoms with Crippen molar-refractivity contribution >= 4 is 47.4 Å². The zero-order chi connectivity index (χ0) is 26.4. The van der Waals surface area contributed by atoms with Crippen molar-refractivity contribution in [2.75, 3.05) is 12.0 Å². The summed E-state index contributed by atoms with van der Waals surface area (Å²) < 4.78 is 0. The summed E-state index contributed by atoms with van der Waals surface area (Å²) in [5, 5.41) is 43.1. The van der Waals surface area contributed by atoms with Gasteiger partial charge in [0.25, 0.3) is 0 Å². The molecule has 0 saturated carbocycles. The van der Waals surface area contributed by atoms with E-state index in [1.54, 1.807) is 6.26 Å². The molecule has 0 heterocycles. The second-order valence-corrected chi connectivity index (χ2v) is 8.43. The van der Waals surface area contributed by atoms with Crippen LogP contribution >= 0.6 is 11.8 Å². The van der Waals surface area contributed by atoms with E-state index in [0.717, 1.165) is 0 Å². The monoisotopic (exact) mass is 508 g/mol. The van der Waals surface area contributed by atoms with Crippen LogP contribution in [0.5, 0.6) is 0 Å². The molecule has 0 spiro atoms. The fourth-order valence-electron chi connectivity index (χ4n) is 2.64. The average molecular weight is 509 g/mol. The van der Waals surface area contributed by atoms with Crippen LogP contribution in [0.25, 0.3) is 0 Å². The van der Waals surface area contributed by atoms with E-state index in [2.05, 4.69) is 16.0 Å². The van der Waals surface area contributed by atoms with Crippen molar-refractivity contribution in [2.24, 2.45) is 5.73 Å². The molecule has 34 heavy (non-hydrogen) atoms. The maximum Gasteiger partial charge on any atom is 0.328 e. The van der Waals surface area contributed by atoms with Gasteiger partial charge in [0.15, 0.2) is 6.04 Å². The van der Waals surface area contributed by atoms with Crippen LogP contribution in [-0.2, 0) is 28.8 Å². The first-order valence-corrected chi connectivity index (χ1v) is 11.7. The topological polar surface area (TPSA) is 245 Å². The van der Waals surface area contributed by atoms with E-state index in [1.165, 1.54) is 18.7 Å². The van der Waals surface area contributed by atoms with Crippen molar-refractivity contribution < 1.29 is 49.2 Å². The second-order valence-electron chi connectivity index (χ2n) is 7.44. The third-order valence-electron chi connectivity index (χ3n) is 4.58. The maximum absolute atomic E-state index is 12.8. The summed E-state index contributed by atoms with van der Waals surface area (Å²) in [4.78, 5) is 70.6. The van der Waals surface area contributed by atoms with Crippen LogP contribution in [0, 0.1) is 0 Å². The molecule has 0 aliphatic carbocycles. The van der Waals surface area contributed by atoms with Gasteiger partial charge in [0.05, 0.1) is 12.1 Å². The number of amides is 3. The number of rotatable bonds is 17. The van der Waals surface area contributed by atoms with Crippen molar-refractivity contribution in [3.8, 4) is 0 Å². The molecule has 194 valence electrons. The van der Waals surface area contributed by atoms with Crippen molar-refractivity contribution in [1.82, 2.24) is 16.0 Å². The molecule has 14 nitrogen and oxygen atoms in total. The molecule has 15 heteroatoms. The molecular weight excluding hydrogens is 476 g/mol. The molecule has 0 saturated heterocycles. The van der Waals surface area contributed by atoms with Crippen molar-refractivity contribution in [3.05, 3.63) is 0 Å². The Bertz CT molecular complexity index is 749. The van der Waals surface area contributed by atoms with Crippen LogP contribution in [0.3, 0.4) is 0 Å². The number of nitrogens with one attached hydrogen (secondary N) is 3. The molecule has 0 radical (unpaired) electrons. The number of carboxylic acids is 3. The van der Waals surface area contributed by atoms with Gasteiger partial charge in [-0.05, 0) is 38.2 Å². The third-order valence-corrected chi connectivity index (χ3v) is 5.22. The number of nitrogens with two attached hydrogens (primary N) is 1. The van der Waals surface area contributed by atoms with Gasteiger partial charge in [-0.3, -0.25) is 24.0 Å². The smallest absolute Gasteiger partial charge is 0.328 e. The first-order valence-electron chi connectivity index (χ1n) is 10.3. The van der Waals surface area contributed by atoms with Gasteiger partial charge in [-0.15, -0.1) is 0 Å². The lowest BCUT2D eigenvalue weighted by Gasteiger charge is -2.25. The number of hydrogen-bond acceptors (Lipinski definition) is 9. The lowest BCUT2D eigenvalue weighted by molar-refractivity contribution is -0.145. The average Bonchev–Trinajstić information content (AvgIpc) is 2.74. The minimum absolute atomic E-state index is 0.0720. The number of aliphatic carboxylic acids is 3. The Morgan fingerprint density at radius 1 is 0.794 bits per heavy atom. The van der Waals surface area contributed by atoms with E-state index in [4.69, 9.17) is 21.1 Å². The zero-order valence-corrected chi connectivity index (χ0v) is 19.7. The van der Waals surface area contributed by atoms with Crippen LogP contribution in [-0.4, -0.2) is 98.3 Å². The number of carbonyl (C=O) groups is 6. The highest BCUT2D eigenvalue weighted by Crippen LogP contribution is 2.06. The SMILES string of the molecule is CSCCC(NC(=O)C(CCC(=O)O)NC(=O)C(N)CCC(=O)O)C(=O)NC(C(=O)O)C(C)O. The molecular formula is C19H32N4O10S. The summed E-state index contributed by atoms with van der Waals surface area (Å²) in [7, 11) is 0. The Labute approximate surface area is 200 Å². The molecule has 0 bridgehead atoms. The normalized spacial score (nSPS) is 15.2. The second kappa shape index (κ2) is 15.8. The van der Waals surface area contributed by atoms with E-state index in [0.29, 0.717) is 5.75 Å². The van der Waals surface area contributed by atoms with E-state index in [9.17, 15) is 33.9 Å². The number of thioether (sulfide) groups is 1. The number of aliphatic hydroxyl groups is 1. The number of carboxylic acid groups (broad SMARTS) is 3. The van der Waals surface area contributed by atoms with Crippen molar-refractivity contribution in [1.29, 1.82) is 0 Å². The first kappa shape index (κ1) is 31.1. The molecule has 0 aromatic heterocycles. The quantitative estimate of drug-likeness (QED) is 0.103. The predicted octanol–water partition coefficient (Wildman–Crippen LogP) is -2.28. The third kappa shape index (κ3) is 12.4. The van der Waals surface area contributed by atoms with Crippen molar-refractivity contribution in [2.45, 2.75) is 69.3 Å². The Morgan fingerprint density at radius 3 is 1.74 bits per heavy atom. The van der Waals surface area contributed by atoms with Gasteiger partial charge in [-0.1, -0.05) is 0 Å². The first-order chi connectivity index (χ1) is 15.8. The summed E-state index contributed by atoms with van der Waals surface area (Å²) >= 11 is 1.34. The van der Waals surface area contributed by atoms with Crippen LogP contribution in [0.2, 0.25) is 0 Å². The molecule has 0 rings (SSSR count). The van der Waals surface area contributed by atoms with Gasteiger partial charge in [0, 0.05) is 12.8 Å². The molecule has 0 aliphatic rings. The summed E-state index contributed by atoms with van der Waals surface area (Å²) in [6, 6.07) is -5.55. The molecule has 3 amide bonds. The lowest BCUT2D eigenvalue weighted by Crippen LogP contribution is -2.58. The lowest BCUT2D eigenvalue weighted by atomic mass is 10.1. The molecule has 0 aliphatic heterocycles. The van der Waals surface area contributed by atoms with E-state index < -0.39 is 78.7 Å². The number of aliphatic hydroxyl groups excluding tert-OH is 1. The summed E-state index contributed by atoms with van der Waals surface area (Å²) in [5.74, 6) is -6.21.